The van der Waals surface area contributed by atoms with Gasteiger partial charge < -0.3 is 0 Å². The van der Waals surface area contributed by atoms with Crippen molar-refractivity contribution in [2.24, 2.45) is 0 Å². The average molecular weight is 88.0 g/mol. The van der Waals surface area contributed by atoms with Crippen LogP contribution in [0.5, 0.6) is 0 Å². The molecule has 0 heterocycles. The van der Waals surface area contributed by atoms with Crippen molar-refractivity contribution in [3.8, 4) is 0 Å². The molecule has 0 saturated carbocycles. The molecule has 0 amide bonds. The van der Waals surface area contributed by atoms with Gasteiger partial charge >= 0.3 is 18.9 Å². The summed E-state index contributed by atoms with van der Waals surface area (Å²) in [6.45, 7) is 0. The first-order valence-corrected chi connectivity index (χ1v) is 0.408. The van der Waals surface area contributed by atoms with Crippen LogP contribution in [0.1, 0.15) is 0 Å². The van der Waals surface area contributed by atoms with Crippen molar-refractivity contribution in [3.05, 3.63) is 10.1 Å². The van der Waals surface area contributed by atoms with Gasteiger partial charge in [0.05, 0.1) is 0 Å². The fourth-order valence-corrected chi connectivity index (χ4v) is 0. The molecule has 0 saturated heterocycles. The summed E-state index contributed by atoms with van der Waals surface area (Å²) in [6.07, 6.45) is 0. The first-order valence-electron chi connectivity index (χ1n) is 0.408. The molecule has 5 heavy (non-hydrogen) atoms. The van der Waals surface area contributed by atoms with Gasteiger partial charge in [-0.25, -0.2) is 0 Å². The van der Waals surface area contributed by atoms with E-state index in [-0.39, 0.29) is 37.7 Å². The summed E-state index contributed by atoms with van der Waals surface area (Å²) in [5.41, 5.74) is 0. The Kier molecular flexibility index (Phi) is 98.4. The summed E-state index contributed by atoms with van der Waals surface area (Å²) in [5.74, 6) is 0. The minimum Gasteiger partial charge on any atom is -0.267 e. The van der Waals surface area contributed by atoms with Crippen molar-refractivity contribution in [2.75, 3.05) is 0 Å². The van der Waals surface area contributed by atoms with E-state index in [9.17, 15) is 0 Å². The molecule has 26 valence electrons. The maximum absolute atomic E-state index is 8.12. The largest absolute Gasteiger partial charge is 1.00 e. The topological polar surface area (TPSA) is 54.1 Å². The predicted molar refractivity (Wildman–Crippen MR) is 18.1 cm³/mol. The normalized spacial score (nSPS) is 2.40. The third kappa shape index (κ3) is 198. The zero-order valence-electron chi connectivity index (χ0n) is 2.82. The minimum absolute atomic E-state index is 0. The van der Waals surface area contributed by atoms with Gasteiger partial charge in [0.2, 0.25) is 0 Å². The summed E-state index contributed by atoms with van der Waals surface area (Å²) >= 11 is 0. The second kappa shape index (κ2) is 26.8. The molecule has 1 N–H and O–H groups in total. The van der Waals surface area contributed by atoms with Crippen molar-refractivity contribution < 1.29 is 24.2 Å². The van der Waals surface area contributed by atoms with Gasteiger partial charge in [0.15, 0.2) is 0 Å². The Hall–Kier alpha value is 0.347. The smallest absolute Gasteiger partial charge is 0.267 e. The van der Waals surface area contributed by atoms with Crippen molar-refractivity contribution in [3.63, 3.8) is 0 Å². The molecule has 0 atom stereocenters. The third-order valence-corrected chi connectivity index (χ3v) is 0. The van der Waals surface area contributed by atoms with Crippen LogP contribution in [0.15, 0.2) is 0 Å². The molecule has 5 heteroatoms. The number of nitrogens with one attached hydrogen (secondary N) is 1. The molecule has 0 aromatic rings. The molecule has 0 aliphatic carbocycles. The van der Waals surface area contributed by atoms with E-state index in [4.69, 9.17) is 10.1 Å². The van der Waals surface area contributed by atoms with Crippen LogP contribution in [0.3, 0.4) is 0 Å². The first kappa shape index (κ1) is 18.3. The van der Waals surface area contributed by atoms with Gasteiger partial charge in [-0.2, -0.15) is 13.5 Å². The van der Waals surface area contributed by atoms with Gasteiger partial charge in [-0.15, -0.1) is 0 Å². The van der Waals surface area contributed by atoms with Gasteiger partial charge in [0.25, 0.3) is 0 Å². The molecule has 3 nitrogen and oxygen atoms in total. The van der Waals surface area contributed by atoms with E-state index >= 15 is 0 Å². The molecule has 0 rings (SSSR count). The van der Waals surface area contributed by atoms with Gasteiger partial charge in [-0.05, 0) is 0 Å². The van der Waals surface area contributed by atoms with E-state index in [1.807, 2.05) is 0 Å². The Morgan fingerprint density at radius 2 is 1.60 bits per heavy atom. The summed E-state index contributed by atoms with van der Waals surface area (Å²) in [5, 5.41) is 8.38. The third-order valence-electron chi connectivity index (χ3n) is 0. The SMILES string of the molecule is O=[NH+][O-].S.[Li+]. The van der Waals surface area contributed by atoms with E-state index in [1.165, 1.54) is 0 Å². The quantitative estimate of drug-likeness (QED) is 0.184. The number of hydrogen-bond acceptors (Lipinski definition) is 2. The summed E-state index contributed by atoms with van der Waals surface area (Å²) < 4.78 is 0. The molecular weight excluding hydrogens is 85.0 g/mol. The zero-order chi connectivity index (χ0) is 2.71. The van der Waals surface area contributed by atoms with Gasteiger partial charge in [-0.1, -0.05) is 0 Å². The van der Waals surface area contributed by atoms with E-state index in [2.05, 4.69) is 0 Å². The Balaban J connectivity index is -0.0000000200. The molecule has 0 fully saturated rings. The van der Waals surface area contributed by atoms with E-state index in [0.29, 0.717) is 0 Å². The monoisotopic (exact) mass is 88.0 g/mol. The minimum atomic E-state index is 0. The van der Waals surface area contributed by atoms with Crippen LogP contribution >= 0.6 is 13.5 Å². The second-order valence-corrected chi connectivity index (χ2v) is 0.0833. The van der Waals surface area contributed by atoms with Crippen molar-refractivity contribution >= 4 is 13.5 Å². The number of rotatable bonds is 0. The maximum Gasteiger partial charge on any atom is 1.00 e. The van der Waals surface area contributed by atoms with Crippen LogP contribution in [-0.4, -0.2) is 0 Å². The van der Waals surface area contributed by atoms with Crippen LogP contribution in [0, 0.1) is 10.1 Å². The van der Waals surface area contributed by atoms with Crippen LogP contribution in [-0.2, 0) is 0 Å². The Morgan fingerprint density at radius 3 is 1.60 bits per heavy atom. The molecular formula is H3LiNO2S+. The molecule has 0 spiro atoms. The molecule has 0 aromatic heterocycles. The van der Waals surface area contributed by atoms with Crippen LogP contribution in [0.2, 0.25) is 0 Å². The van der Waals surface area contributed by atoms with Crippen molar-refractivity contribution in [1.29, 1.82) is 0 Å². The Labute approximate surface area is 48.3 Å². The summed E-state index contributed by atoms with van der Waals surface area (Å²) in [6, 6.07) is 0. The summed E-state index contributed by atoms with van der Waals surface area (Å²) in [4.78, 5) is 8.12. The van der Waals surface area contributed by atoms with E-state index < -0.39 is 0 Å². The maximum atomic E-state index is 8.12. The van der Waals surface area contributed by atoms with Crippen LogP contribution in [0.25, 0.3) is 0 Å². The van der Waals surface area contributed by atoms with E-state index in [1.54, 1.807) is 0 Å². The fraction of sp³-hybridized carbons (Fsp3) is 0. The number of hydrogen-bond donors (Lipinski definition) is 1. The second-order valence-electron chi connectivity index (χ2n) is 0.0833. The Bertz CT molecular complexity index is 17.1. The van der Waals surface area contributed by atoms with Crippen LogP contribution in [0.4, 0.5) is 0 Å². The van der Waals surface area contributed by atoms with E-state index in [0.717, 1.165) is 0 Å². The standard InChI is InChI=1S/Li.HNO2.H2S/c;2-1-3;/h;1H;1H2/q+1;;. The fourth-order valence-electron chi connectivity index (χ4n) is 0. The molecule has 0 unspecified atom stereocenters. The predicted octanol–water partition coefficient (Wildman–Crippen LogP) is -4.55. The molecule has 0 bridgehead atoms. The summed E-state index contributed by atoms with van der Waals surface area (Å²) in [7, 11) is 0. The van der Waals surface area contributed by atoms with Gasteiger partial charge in [0.1, 0.15) is 0 Å². The first-order chi connectivity index (χ1) is 1.41. The molecule has 0 aliphatic heterocycles. The molecule has 0 aromatic carbocycles. The van der Waals surface area contributed by atoms with Crippen LogP contribution < -0.4 is 24.2 Å². The van der Waals surface area contributed by atoms with Crippen molar-refractivity contribution in [1.82, 2.24) is 0 Å². The molecule has 0 radical (unpaired) electrons. The zero-order valence-corrected chi connectivity index (χ0v) is 3.82. The van der Waals surface area contributed by atoms with Crippen molar-refractivity contribution in [2.45, 2.75) is 0 Å². The van der Waals surface area contributed by atoms with Gasteiger partial charge in [-0.3, -0.25) is 10.1 Å². The average Bonchev–Trinajstić information content (AvgIpc) is 0.918. The Morgan fingerprint density at radius 1 is 1.60 bits per heavy atom. The molecule has 0 aliphatic rings. The van der Waals surface area contributed by atoms with Gasteiger partial charge in [0, 0.05) is 5.34 Å².